The monoisotopic (exact) mass is 245 g/mol. The molecule has 0 aliphatic heterocycles. The Bertz CT molecular complexity index is 354. The molecule has 0 spiro atoms. The van der Waals surface area contributed by atoms with Crippen LogP contribution in [0.15, 0.2) is 12.4 Å². The molecule has 1 aromatic heterocycles. The number of aromatic nitrogens is 2. The SMILES string of the molecule is COCCOCC(O)Cn1cc([N+](=O)[O-])cn1. The molecule has 8 heteroatoms. The molecule has 0 saturated heterocycles. The van der Waals surface area contributed by atoms with Crippen LogP contribution < -0.4 is 0 Å². The first kappa shape index (κ1) is 13.6. The molecule has 0 aliphatic rings. The van der Waals surface area contributed by atoms with Gasteiger partial charge in [0.2, 0.25) is 0 Å². The van der Waals surface area contributed by atoms with Crippen LogP contribution in [0.3, 0.4) is 0 Å². The third-order valence-electron chi connectivity index (χ3n) is 1.97. The molecular weight excluding hydrogens is 230 g/mol. The fourth-order valence-corrected chi connectivity index (χ4v) is 1.18. The zero-order chi connectivity index (χ0) is 12.7. The lowest BCUT2D eigenvalue weighted by Crippen LogP contribution is -2.23. The lowest BCUT2D eigenvalue weighted by Gasteiger charge is -2.10. The molecule has 1 heterocycles. The average Bonchev–Trinajstić information content (AvgIpc) is 2.73. The lowest BCUT2D eigenvalue weighted by molar-refractivity contribution is -0.385. The van der Waals surface area contributed by atoms with Crippen molar-refractivity contribution in [3.05, 3.63) is 22.5 Å². The number of methoxy groups -OCH3 is 1. The number of aliphatic hydroxyl groups excluding tert-OH is 1. The third kappa shape index (κ3) is 4.89. The van der Waals surface area contributed by atoms with Crippen molar-refractivity contribution in [2.75, 3.05) is 26.9 Å². The number of nitrogens with zero attached hydrogens (tertiary/aromatic N) is 3. The van der Waals surface area contributed by atoms with Crippen LogP contribution in [0.5, 0.6) is 0 Å². The molecule has 96 valence electrons. The Morgan fingerprint density at radius 2 is 2.41 bits per heavy atom. The molecule has 8 nitrogen and oxygen atoms in total. The first-order valence-electron chi connectivity index (χ1n) is 5.05. The van der Waals surface area contributed by atoms with Gasteiger partial charge < -0.3 is 14.6 Å². The number of hydrogen-bond acceptors (Lipinski definition) is 6. The van der Waals surface area contributed by atoms with E-state index in [1.807, 2.05) is 0 Å². The van der Waals surface area contributed by atoms with Gasteiger partial charge in [-0.3, -0.25) is 14.8 Å². The van der Waals surface area contributed by atoms with Gasteiger partial charge in [-0.1, -0.05) is 0 Å². The molecule has 1 atom stereocenters. The third-order valence-corrected chi connectivity index (χ3v) is 1.97. The molecule has 0 bridgehead atoms. The predicted molar refractivity (Wildman–Crippen MR) is 57.6 cm³/mol. The Kier molecular flexibility index (Phi) is 5.53. The highest BCUT2D eigenvalue weighted by Crippen LogP contribution is 2.08. The van der Waals surface area contributed by atoms with Crippen LogP contribution in [0.1, 0.15) is 0 Å². The Hall–Kier alpha value is -1.51. The standard InChI is InChI=1S/C9H15N3O5/c1-16-2-3-17-7-9(13)6-11-5-8(4-10-11)12(14)15/h4-5,9,13H,2-3,6-7H2,1H3. The zero-order valence-electron chi connectivity index (χ0n) is 9.48. The quantitative estimate of drug-likeness (QED) is 0.387. The number of nitro groups is 1. The van der Waals surface area contributed by atoms with Crippen molar-refractivity contribution in [1.82, 2.24) is 9.78 Å². The van der Waals surface area contributed by atoms with Crippen LogP contribution in [-0.2, 0) is 16.0 Å². The number of rotatable bonds is 8. The summed E-state index contributed by atoms with van der Waals surface area (Å²) in [6.07, 6.45) is 1.64. The maximum Gasteiger partial charge on any atom is 0.306 e. The van der Waals surface area contributed by atoms with Crippen molar-refractivity contribution < 1.29 is 19.5 Å². The predicted octanol–water partition coefficient (Wildman–Crippen LogP) is -0.185. The number of hydrogen-bond donors (Lipinski definition) is 1. The van der Waals surface area contributed by atoms with E-state index in [1.165, 1.54) is 10.9 Å². The molecule has 0 aromatic carbocycles. The fraction of sp³-hybridized carbons (Fsp3) is 0.667. The summed E-state index contributed by atoms with van der Waals surface area (Å²) in [4.78, 5) is 9.86. The molecule has 0 aliphatic carbocycles. The van der Waals surface area contributed by atoms with Gasteiger partial charge in [0.25, 0.3) is 0 Å². The van der Waals surface area contributed by atoms with Gasteiger partial charge in [-0.2, -0.15) is 5.10 Å². The summed E-state index contributed by atoms with van der Waals surface area (Å²) in [5.74, 6) is 0. The molecule has 0 amide bonds. The first-order chi connectivity index (χ1) is 8.13. The summed E-state index contributed by atoms with van der Waals surface area (Å²) in [7, 11) is 1.56. The molecule has 0 fully saturated rings. The summed E-state index contributed by atoms with van der Waals surface area (Å²) in [6.45, 7) is 1.14. The van der Waals surface area contributed by atoms with Crippen molar-refractivity contribution in [1.29, 1.82) is 0 Å². The van der Waals surface area contributed by atoms with Crippen molar-refractivity contribution in [3.63, 3.8) is 0 Å². The summed E-state index contributed by atoms with van der Waals surface area (Å²) in [5.41, 5.74) is -0.0995. The maximum absolute atomic E-state index is 10.4. The Morgan fingerprint density at radius 1 is 1.65 bits per heavy atom. The average molecular weight is 245 g/mol. The summed E-state index contributed by atoms with van der Waals surface area (Å²) >= 11 is 0. The lowest BCUT2D eigenvalue weighted by atomic mass is 10.4. The Balaban J connectivity index is 2.29. The minimum atomic E-state index is -0.758. The molecule has 1 aromatic rings. The van der Waals surface area contributed by atoms with E-state index < -0.39 is 11.0 Å². The summed E-state index contributed by atoms with van der Waals surface area (Å²) in [6, 6.07) is 0. The van der Waals surface area contributed by atoms with E-state index in [-0.39, 0.29) is 18.8 Å². The van der Waals surface area contributed by atoms with E-state index in [9.17, 15) is 15.2 Å². The second kappa shape index (κ2) is 6.94. The highest BCUT2D eigenvalue weighted by molar-refractivity contribution is 5.20. The highest BCUT2D eigenvalue weighted by Gasteiger charge is 2.11. The van der Waals surface area contributed by atoms with Gasteiger partial charge >= 0.3 is 5.69 Å². The van der Waals surface area contributed by atoms with Gasteiger partial charge in [-0.05, 0) is 0 Å². The largest absolute Gasteiger partial charge is 0.389 e. The summed E-state index contributed by atoms with van der Waals surface area (Å²) < 4.78 is 11.2. The van der Waals surface area contributed by atoms with Crippen LogP contribution in [0.4, 0.5) is 5.69 Å². The minimum Gasteiger partial charge on any atom is -0.389 e. The van der Waals surface area contributed by atoms with E-state index in [0.29, 0.717) is 13.2 Å². The van der Waals surface area contributed by atoms with Gasteiger partial charge in [-0.15, -0.1) is 0 Å². The van der Waals surface area contributed by atoms with E-state index in [4.69, 9.17) is 9.47 Å². The Labute approximate surface area is 97.9 Å². The van der Waals surface area contributed by atoms with Crippen LogP contribution in [0.2, 0.25) is 0 Å². The molecule has 17 heavy (non-hydrogen) atoms. The van der Waals surface area contributed by atoms with Crippen LogP contribution in [0.25, 0.3) is 0 Å². The number of aliphatic hydroxyl groups is 1. The molecule has 1 unspecified atom stereocenters. The molecule has 0 radical (unpaired) electrons. The second-order valence-electron chi connectivity index (χ2n) is 3.40. The van der Waals surface area contributed by atoms with E-state index in [0.717, 1.165) is 6.20 Å². The van der Waals surface area contributed by atoms with Gasteiger partial charge in [0.1, 0.15) is 12.4 Å². The number of ether oxygens (including phenoxy) is 2. The van der Waals surface area contributed by atoms with Crippen molar-refractivity contribution >= 4 is 5.69 Å². The van der Waals surface area contributed by atoms with E-state index in [1.54, 1.807) is 7.11 Å². The fourth-order valence-electron chi connectivity index (χ4n) is 1.18. The van der Waals surface area contributed by atoms with Crippen LogP contribution in [-0.4, -0.2) is 52.8 Å². The zero-order valence-corrected chi connectivity index (χ0v) is 9.48. The first-order valence-corrected chi connectivity index (χ1v) is 5.05. The summed E-state index contributed by atoms with van der Waals surface area (Å²) in [5, 5.41) is 23.7. The second-order valence-corrected chi connectivity index (χ2v) is 3.40. The van der Waals surface area contributed by atoms with Gasteiger partial charge in [0, 0.05) is 7.11 Å². The molecule has 0 saturated carbocycles. The molecule has 1 rings (SSSR count). The van der Waals surface area contributed by atoms with Crippen molar-refractivity contribution in [2.24, 2.45) is 0 Å². The van der Waals surface area contributed by atoms with Gasteiger partial charge in [-0.25, -0.2) is 0 Å². The van der Waals surface area contributed by atoms with Crippen molar-refractivity contribution in [2.45, 2.75) is 12.6 Å². The maximum atomic E-state index is 10.4. The normalized spacial score (nSPS) is 12.6. The minimum absolute atomic E-state index is 0.0995. The molecule has 1 N–H and O–H groups in total. The van der Waals surface area contributed by atoms with E-state index in [2.05, 4.69) is 5.10 Å². The Morgan fingerprint density at radius 3 is 3.00 bits per heavy atom. The topological polar surface area (TPSA) is 99.6 Å². The highest BCUT2D eigenvalue weighted by atomic mass is 16.6. The van der Waals surface area contributed by atoms with Crippen molar-refractivity contribution in [3.8, 4) is 0 Å². The molecular formula is C9H15N3O5. The van der Waals surface area contributed by atoms with Crippen LogP contribution >= 0.6 is 0 Å². The van der Waals surface area contributed by atoms with Gasteiger partial charge in [0.05, 0.1) is 37.4 Å². The van der Waals surface area contributed by atoms with Crippen LogP contribution in [0, 0.1) is 10.1 Å². The van der Waals surface area contributed by atoms with Gasteiger partial charge in [0.15, 0.2) is 0 Å². The van der Waals surface area contributed by atoms with E-state index >= 15 is 0 Å². The smallest absolute Gasteiger partial charge is 0.306 e.